The number of rotatable bonds is 5. The van der Waals surface area contributed by atoms with E-state index in [2.05, 4.69) is 16.4 Å². The van der Waals surface area contributed by atoms with Gasteiger partial charge in [-0.3, -0.25) is 9.59 Å². The molecule has 2 N–H and O–H groups in total. The molecule has 178 valence electrons. The number of nitrogens with zero attached hydrogens (tertiary/aromatic N) is 1. The number of benzene rings is 2. The minimum Gasteiger partial charge on any atom is -0.486 e. The van der Waals surface area contributed by atoms with Gasteiger partial charge < -0.3 is 29.4 Å². The average molecular weight is 472 g/mol. The minimum absolute atomic E-state index is 0.0148. The number of anilines is 1. The molecule has 2 aromatic carbocycles. The highest BCUT2D eigenvalue weighted by Gasteiger charge is 2.66. The molecule has 2 fully saturated rings. The van der Waals surface area contributed by atoms with Gasteiger partial charge in [0.25, 0.3) is 0 Å². The summed E-state index contributed by atoms with van der Waals surface area (Å²) in [5, 5.41) is 4.15. The molecule has 2 amide bonds. The quantitative estimate of drug-likeness (QED) is 0.559. The van der Waals surface area contributed by atoms with Crippen molar-refractivity contribution in [2.75, 3.05) is 31.6 Å². The van der Waals surface area contributed by atoms with Gasteiger partial charge in [-0.2, -0.15) is 0 Å². The van der Waals surface area contributed by atoms with E-state index in [1.807, 2.05) is 41.4 Å². The van der Waals surface area contributed by atoms with Crippen molar-refractivity contribution >= 4 is 28.4 Å². The summed E-state index contributed by atoms with van der Waals surface area (Å²) in [5.74, 6) is -0.0450. The summed E-state index contributed by atoms with van der Waals surface area (Å²) < 4.78 is 17.5. The largest absolute Gasteiger partial charge is 0.486 e. The number of likely N-dealkylation sites (tertiary alicyclic amines) is 1. The Morgan fingerprint density at radius 3 is 2.91 bits per heavy atom. The van der Waals surface area contributed by atoms with Crippen LogP contribution in [0.4, 0.5) is 5.69 Å². The van der Waals surface area contributed by atoms with Gasteiger partial charge in [-0.05, 0) is 30.2 Å². The van der Waals surface area contributed by atoms with Crippen LogP contribution in [0.2, 0.25) is 0 Å². The number of aromatic nitrogens is 1. The van der Waals surface area contributed by atoms with Gasteiger partial charge in [-0.25, -0.2) is 0 Å². The predicted octanol–water partition coefficient (Wildman–Crippen LogP) is 2.90. The number of H-pyrrole nitrogens is 1. The van der Waals surface area contributed by atoms with Gasteiger partial charge in [0.15, 0.2) is 11.5 Å². The van der Waals surface area contributed by atoms with Crippen LogP contribution in [0.5, 0.6) is 11.5 Å². The fourth-order valence-corrected chi connectivity index (χ4v) is 6.01. The molecule has 0 aliphatic carbocycles. The highest BCUT2D eigenvalue weighted by Crippen LogP contribution is 2.52. The van der Waals surface area contributed by atoms with Crippen LogP contribution in [0.3, 0.4) is 0 Å². The number of carbonyl (C=O) groups excluding carboxylic acids is 2. The molecule has 0 radical (unpaired) electrons. The number of para-hydroxylation sites is 1. The monoisotopic (exact) mass is 471 g/mol. The van der Waals surface area contributed by atoms with Crippen molar-refractivity contribution in [3.05, 3.63) is 66.4 Å². The van der Waals surface area contributed by atoms with Crippen molar-refractivity contribution in [2.24, 2.45) is 11.8 Å². The van der Waals surface area contributed by atoms with Crippen molar-refractivity contribution in [3.8, 4) is 11.5 Å². The Morgan fingerprint density at radius 1 is 1.14 bits per heavy atom. The molecule has 1 aromatic heterocycles. The van der Waals surface area contributed by atoms with Crippen LogP contribution in [0.15, 0.2) is 60.8 Å². The Morgan fingerprint density at radius 2 is 2.00 bits per heavy atom. The molecule has 0 saturated carbocycles. The molecule has 2 bridgehead atoms. The summed E-state index contributed by atoms with van der Waals surface area (Å²) in [6.45, 7) is 2.03. The number of nitrogens with one attached hydrogen (secondary N) is 2. The third-order valence-corrected chi connectivity index (χ3v) is 7.62. The summed E-state index contributed by atoms with van der Waals surface area (Å²) in [6.07, 6.45) is 6.27. The molecule has 2 saturated heterocycles. The van der Waals surface area contributed by atoms with Crippen molar-refractivity contribution in [1.29, 1.82) is 0 Å². The van der Waals surface area contributed by atoms with Gasteiger partial charge in [-0.15, -0.1) is 0 Å². The first-order chi connectivity index (χ1) is 17.1. The number of hydrogen-bond acceptors (Lipinski definition) is 5. The number of fused-ring (bicyclic) bond motifs is 3. The van der Waals surface area contributed by atoms with E-state index in [0.29, 0.717) is 43.5 Å². The lowest BCUT2D eigenvalue weighted by Gasteiger charge is -2.24. The Kier molecular flexibility index (Phi) is 4.48. The van der Waals surface area contributed by atoms with Crippen LogP contribution in [-0.4, -0.2) is 59.7 Å². The zero-order valence-corrected chi connectivity index (χ0v) is 19.0. The van der Waals surface area contributed by atoms with Crippen LogP contribution >= 0.6 is 0 Å². The normalized spacial score (nSPS) is 28.1. The SMILES string of the molecule is O=C(Nc1ccc2c(c1)OCCO2)[C@@H]1[C@H]2C(=O)N(CCc3c[nH]c4ccccc34)C[C@@]23C=C[C@H]1O3. The Balaban J connectivity index is 1.09. The van der Waals surface area contributed by atoms with E-state index in [9.17, 15) is 9.59 Å². The Bertz CT molecular complexity index is 1380. The van der Waals surface area contributed by atoms with Crippen LogP contribution < -0.4 is 14.8 Å². The molecule has 0 unspecified atom stereocenters. The highest BCUT2D eigenvalue weighted by molar-refractivity contribution is 5.99. The third kappa shape index (κ3) is 3.16. The average Bonchev–Trinajstić information content (AvgIpc) is 3.62. The first-order valence-corrected chi connectivity index (χ1v) is 12.0. The molecule has 8 heteroatoms. The van der Waals surface area contributed by atoms with Crippen molar-refractivity contribution in [2.45, 2.75) is 18.1 Å². The van der Waals surface area contributed by atoms with Crippen molar-refractivity contribution < 1.29 is 23.8 Å². The molecule has 5 heterocycles. The van der Waals surface area contributed by atoms with Gasteiger partial charge in [0.2, 0.25) is 11.8 Å². The van der Waals surface area contributed by atoms with Crippen LogP contribution in [0.1, 0.15) is 5.56 Å². The lowest BCUT2D eigenvalue weighted by molar-refractivity contribution is -0.135. The smallest absolute Gasteiger partial charge is 0.231 e. The van der Waals surface area contributed by atoms with Gasteiger partial charge in [0.1, 0.15) is 18.8 Å². The van der Waals surface area contributed by atoms with Gasteiger partial charge >= 0.3 is 0 Å². The van der Waals surface area contributed by atoms with Gasteiger partial charge in [-0.1, -0.05) is 30.4 Å². The predicted molar refractivity (Wildman–Crippen MR) is 128 cm³/mol. The fourth-order valence-electron chi connectivity index (χ4n) is 6.01. The first kappa shape index (κ1) is 20.6. The molecule has 4 aliphatic rings. The molecular formula is C27H25N3O5. The van der Waals surface area contributed by atoms with Gasteiger partial charge in [0.05, 0.1) is 24.5 Å². The number of hydrogen-bond donors (Lipinski definition) is 2. The van der Waals surface area contributed by atoms with E-state index in [1.54, 1.807) is 18.2 Å². The molecule has 7 rings (SSSR count). The maximum absolute atomic E-state index is 13.5. The van der Waals surface area contributed by atoms with Crippen molar-refractivity contribution in [3.63, 3.8) is 0 Å². The molecule has 4 atom stereocenters. The zero-order valence-electron chi connectivity index (χ0n) is 19.0. The number of ether oxygens (including phenoxy) is 3. The van der Waals surface area contributed by atoms with E-state index >= 15 is 0 Å². The number of carbonyl (C=O) groups is 2. The van der Waals surface area contributed by atoms with E-state index in [1.165, 1.54) is 10.9 Å². The molecule has 4 aliphatic heterocycles. The Labute approximate surface area is 201 Å². The Hall–Kier alpha value is -3.78. The number of amides is 2. The lowest BCUT2D eigenvalue weighted by atomic mass is 9.77. The lowest BCUT2D eigenvalue weighted by Crippen LogP contribution is -2.41. The molecule has 8 nitrogen and oxygen atoms in total. The van der Waals surface area contributed by atoms with Crippen LogP contribution in [-0.2, 0) is 20.7 Å². The maximum Gasteiger partial charge on any atom is 0.231 e. The standard InChI is InChI=1S/C27H25N3O5/c31-25(29-17-5-6-20-22(13-17)34-12-11-33-20)23-21-7-9-27(35-21)15-30(26(32)24(23)27)10-8-16-14-28-19-4-2-1-3-18(16)19/h1-7,9,13-14,21,23-24,28H,8,10-12,15H2,(H,29,31)/t21-,23+,24+,27+/m1/s1. The van der Waals surface area contributed by atoms with Crippen LogP contribution in [0, 0.1) is 11.8 Å². The second-order valence-electron chi connectivity index (χ2n) is 9.62. The topological polar surface area (TPSA) is 92.9 Å². The van der Waals surface area contributed by atoms with E-state index < -0.39 is 23.5 Å². The number of aromatic amines is 1. The van der Waals surface area contributed by atoms with E-state index in [-0.39, 0.29) is 11.8 Å². The van der Waals surface area contributed by atoms with E-state index in [4.69, 9.17) is 14.2 Å². The first-order valence-electron chi connectivity index (χ1n) is 12.0. The van der Waals surface area contributed by atoms with Crippen molar-refractivity contribution in [1.82, 2.24) is 9.88 Å². The van der Waals surface area contributed by atoms with Crippen LogP contribution in [0.25, 0.3) is 10.9 Å². The van der Waals surface area contributed by atoms with E-state index in [0.717, 1.165) is 11.9 Å². The molecule has 1 spiro atoms. The second kappa shape index (κ2) is 7.61. The summed E-state index contributed by atoms with van der Waals surface area (Å²) in [5.41, 5.74) is 2.15. The maximum atomic E-state index is 13.5. The summed E-state index contributed by atoms with van der Waals surface area (Å²) >= 11 is 0. The van der Waals surface area contributed by atoms with Gasteiger partial charge in [0, 0.05) is 35.4 Å². The summed E-state index contributed by atoms with van der Waals surface area (Å²) in [6, 6.07) is 13.5. The minimum atomic E-state index is -0.725. The molecule has 3 aromatic rings. The fraction of sp³-hybridized carbons (Fsp3) is 0.333. The molecule has 35 heavy (non-hydrogen) atoms. The molecular weight excluding hydrogens is 446 g/mol. The second-order valence-corrected chi connectivity index (χ2v) is 9.62. The highest BCUT2D eigenvalue weighted by atomic mass is 16.6. The third-order valence-electron chi connectivity index (χ3n) is 7.62. The summed E-state index contributed by atoms with van der Waals surface area (Å²) in [4.78, 5) is 32.1. The summed E-state index contributed by atoms with van der Waals surface area (Å²) in [7, 11) is 0. The zero-order chi connectivity index (χ0) is 23.6.